The van der Waals surface area contributed by atoms with Gasteiger partial charge in [0, 0.05) is 19.1 Å². The van der Waals surface area contributed by atoms with Crippen molar-refractivity contribution >= 4 is 0 Å². The first-order valence-corrected chi connectivity index (χ1v) is 7.41. The van der Waals surface area contributed by atoms with E-state index in [2.05, 4.69) is 16.7 Å². The van der Waals surface area contributed by atoms with Crippen LogP contribution in [0.5, 0.6) is 0 Å². The maximum atomic E-state index is 2.84. The van der Waals surface area contributed by atoms with Gasteiger partial charge < -0.3 is 0 Å². The molecule has 0 bridgehead atoms. The maximum Gasteiger partial charge on any atom is 0.0901 e. The second-order valence-corrected chi connectivity index (χ2v) is 5.88. The molecule has 3 aliphatic heterocycles. The molecule has 3 rings (SSSR count). The van der Waals surface area contributed by atoms with Crippen molar-refractivity contribution in [1.29, 1.82) is 0 Å². The molecule has 3 fully saturated rings. The molecule has 3 unspecified atom stereocenters. The van der Waals surface area contributed by atoms with Crippen molar-refractivity contribution in [2.45, 2.75) is 70.0 Å². The molecule has 2 heteroatoms. The Morgan fingerprint density at radius 2 is 1.81 bits per heavy atom. The number of hydrogen-bond donors (Lipinski definition) is 0. The summed E-state index contributed by atoms with van der Waals surface area (Å²) < 4.78 is 0. The van der Waals surface area contributed by atoms with E-state index in [0.717, 1.165) is 6.04 Å². The number of rotatable bonds is 2. The predicted octanol–water partition coefficient (Wildman–Crippen LogP) is 2.84. The van der Waals surface area contributed by atoms with Gasteiger partial charge in [0.2, 0.25) is 0 Å². The Labute approximate surface area is 100.0 Å². The molecule has 92 valence electrons. The highest BCUT2D eigenvalue weighted by atomic mass is 15.6. The Hall–Kier alpha value is -0.0800. The Bertz CT molecular complexity index is 253. The summed E-state index contributed by atoms with van der Waals surface area (Å²) in [6.07, 6.45) is 11.5. The zero-order chi connectivity index (χ0) is 11.0. The Morgan fingerprint density at radius 1 is 1.00 bits per heavy atom. The van der Waals surface area contributed by atoms with E-state index in [4.69, 9.17) is 0 Å². The second kappa shape index (κ2) is 4.30. The first kappa shape index (κ1) is 11.0. The van der Waals surface area contributed by atoms with E-state index in [-0.39, 0.29) is 0 Å². The van der Waals surface area contributed by atoms with Crippen LogP contribution in [0.15, 0.2) is 0 Å². The summed E-state index contributed by atoms with van der Waals surface area (Å²) in [5, 5.41) is 0. The summed E-state index contributed by atoms with van der Waals surface area (Å²) in [7, 11) is 0. The molecule has 0 aliphatic carbocycles. The molecule has 16 heavy (non-hydrogen) atoms. The molecule has 3 saturated heterocycles. The van der Waals surface area contributed by atoms with Crippen LogP contribution in [0.4, 0.5) is 0 Å². The van der Waals surface area contributed by atoms with Crippen LogP contribution in [-0.4, -0.2) is 41.1 Å². The van der Waals surface area contributed by atoms with Gasteiger partial charge in [-0.2, -0.15) is 0 Å². The summed E-state index contributed by atoms with van der Waals surface area (Å²) in [5.41, 5.74) is 0.550. The van der Waals surface area contributed by atoms with Crippen molar-refractivity contribution in [3.63, 3.8) is 0 Å². The van der Waals surface area contributed by atoms with Crippen LogP contribution in [-0.2, 0) is 0 Å². The lowest BCUT2D eigenvalue weighted by Gasteiger charge is -2.38. The van der Waals surface area contributed by atoms with Crippen LogP contribution in [0.25, 0.3) is 0 Å². The van der Waals surface area contributed by atoms with Gasteiger partial charge in [0.25, 0.3) is 0 Å². The fourth-order valence-electron chi connectivity index (χ4n) is 4.29. The van der Waals surface area contributed by atoms with Crippen molar-refractivity contribution in [2.75, 3.05) is 19.6 Å². The third-order valence-electron chi connectivity index (χ3n) is 5.00. The molecule has 3 atom stereocenters. The molecule has 0 aromatic heterocycles. The molecule has 0 N–H and O–H groups in total. The molecular weight excluding hydrogens is 196 g/mol. The quantitative estimate of drug-likeness (QED) is 0.663. The fraction of sp³-hybridized carbons (Fsp3) is 1.00. The molecule has 0 aromatic rings. The van der Waals surface area contributed by atoms with E-state index in [1.54, 1.807) is 0 Å². The van der Waals surface area contributed by atoms with Crippen LogP contribution in [0, 0.1) is 0 Å². The normalized spacial score (nSPS) is 44.1. The number of nitrogens with zero attached hydrogens (tertiary/aromatic N) is 2. The van der Waals surface area contributed by atoms with E-state index < -0.39 is 0 Å². The van der Waals surface area contributed by atoms with Crippen molar-refractivity contribution in [2.24, 2.45) is 0 Å². The Morgan fingerprint density at radius 3 is 2.69 bits per heavy atom. The van der Waals surface area contributed by atoms with Gasteiger partial charge in [-0.3, -0.25) is 9.80 Å². The zero-order valence-corrected chi connectivity index (χ0v) is 10.7. The minimum atomic E-state index is 0.550. The predicted molar refractivity (Wildman–Crippen MR) is 67.4 cm³/mol. The van der Waals surface area contributed by atoms with Crippen LogP contribution < -0.4 is 0 Å². The van der Waals surface area contributed by atoms with E-state index >= 15 is 0 Å². The number of hydrogen-bond acceptors (Lipinski definition) is 2. The van der Waals surface area contributed by atoms with Gasteiger partial charge in [0.15, 0.2) is 0 Å². The lowest BCUT2D eigenvalue weighted by Crippen LogP contribution is -2.48. The zero-order valence-electron chi connectivity index (χ0n) is 10.7. The largest absolute Gasteiger partial charge is 0.284 e. The van der Waals surface area contributed by atoms with Crippen LogP contribution in [0.3, 0.4) is 0 Å². The lowest BCUT2D eigenvalue weighted by atomic mass is 9.96. The minimum absolute atomic E-state index is 0.550. The highest BCUT2D eigenvalue weighted by Crippen LogP contribution is 2.52. The van der Waals surface area contributed by atoms with Crippen molar-refractivity contribution in [3.8, 4) is 0 Å². The third-order valence-corrected chi connectivity index (χ3v) is 5.00. The van der Waals surface area contributed by atoms with E-state index in [1.165, 1.54) is 71.0 Å². The average Bonchev–Trinajstić information content (AvgIpc) is 2.89. The van der Waals surface area contributed by atoms with Gasteiger partial charge in [0.05, 0.1) is 5.66 Å². The van der Waals surface area contributed by atoms with E-state index in [9.17, 15) is 0 Å². The lowest BCUT2D eigenvalue weighted by molar-refractivity contribution is 0.0691. The monoisotopic (exact) mass is 222 g/mol. The van der Waals surface area contributed by atoms with E-state index in [0.29, 0.717) is 5.66 Å². The molecule has 1 spiro atoms. The molecule has 0 amide bonds. The maximum absolute atomic E-state index is 2.84. The van der Waals surface area contributed by atoms with Gasteiger partial charge in [-0.25, -0.2) is 0 Å². The summed E-state index contributed by atoms with van der Waals surface area (Å²) in [6, 6.07) is 0.915. The fourth-order valence-corrected chi connectivity index (χ4v) is 4.29. The smallest absolute Gasteiger partial charge is 0.0901 e. The van der Waals surface area contributed by atoms with Crippen LogP contribution in [0.2, 0.25) is 0 Å². The third kappa shape index (κ3) is 1.53. The summed E-state index contributed by atoms with van der Waals surface area (Å²) in [6.45, 7) is 6.46. The Balaban J connectivity index is 1.77. The summed E-state index contributed by atoms with van der Waals surface area (Å²) in [5.74, 6) is 0. The van der Waals surface area contributed by atoms with Gasteiger partial charge >= 0.3 is 0 Å². The highest BCUT2D eigenvalue weighted by molar-refractivity contribution is 5.17. The van der Waals surface area contributed by atoms with Crippen molar-refractivity contribution in [1.82, 2.24) is 9.80 Å². The first-order chi connectivity index (χ1) is 7.89. The summed E-state index contributed by atoms with van der Waals surface area (Å²) >= 11 is 0. The van der Waals surface area contributed by atoms with Crippen LogP contribution in [0.1, 0.15) is 58.3 Å². The highest BCUT2D eigenvalue weighted by Gasteiger charge is 2.65. The molecular formula is C14H26N2. The minimum Gasteiger partial charge on any atom is -0.284 e. The van der Waals surface area contributed by atoms with E-state index in [1.807, 2.05) is 0 Å². The molecule has 3 aliphatic rings. The SMILES string of the molecule is CCCC1N2CCCN3CCCCCCC132. The van der Waals surface area contributed by atoms with Gasteiger partial charge in [-0.15, -0.1) is 0 Å². The second-order valence-electron chi connectivity index (χ2n) is 5.88. The average molecular weight is 222 g/mol. The van der Waals surface area contributed by atoms with Gasteiger partial charge in [-0.1, -0.05) is 32.6 Å². The molecule has 0 aromatic carbocycles. The summed E-state index contributed by atoms with van der Waals surface area (Å²) in [4.78, 5) is 5.67. The first-order valence-electron chi connectivity index (χ1n) is 7.41. The molecule has 2 nitrogen and oxygen atoms in total. The van der Waals surface area contributed by atoms with Gasteiger partial charge in [0.1, 0.15) is 0 Å². The van der Waals surface area contributed by atoms with Crippen molar-refractivity contribution < 1.29 is 0 Å². The standard InChI is InChI=1S/C14H26N2/c1-2-8-13-14-9-5-3-4-6-10-15(14)11-7-12-16(13)14/h13H,2-12H2,1H3. The molecule has 3 heterocycles. The molecule has 0 saturated carbocycles. The van der Waals surface area contributed by atoms with Crippen LogP contribution >= 0.6 is 0 Å². The topological polar surface area (TPSA) is 6.25 Å². The van der Waals surface area contributed by atoms with Crippen molar-refractivity contribution in [3.05, 3.63) is 0 Å². The van der Waals surface area contributed by atoms with Gasteiger partial charge in [-0.05, 0) is 32.2 Å². The Kier molecular flexibility index (Phi) is 2.97. The molecule has 0 radical (unpaired) electrons.